The lowest BCUT2D eigenvalue weighted by Crippen LogP contribution is -2.11. The molecule has 21 heavy (non-hydrogen) atoms. The number of pyridine rings is 1. The highest BCUT2D eigenvalue weighted by Crippen LogP contribution is 2.33. The molecule has 2 rings (SSSR count). The molecule has 0 amide bonds. The Morgan fingerprint density at radius 2 is 1.71 bits per heavy atom. The van der Waals surface area contributed by atoms with Gasteiger partial charge < -0.3 is 5.11 Å². The Balaban J connectivity index is 2.43. The van der Waals surface area contributed by atoms with E-state index >= 15 is 0 Å². The first-order valence-corrected chi connectivity index (χ1v) is 6.34. The Hall–Kier alpha value is -2.09. The highest BCUT2D eigenvalue weighted by Gasteiger charge is 2.33. The molecule has 0 radical (unpaired) electrons. The third kappa shape index (κ3) is 3.72. The fourth-order valence-electron chi connectivity index (χ4n) is 1.45. The summed E-state index contributed by atoms with van der Waals surface area (Å²) in [5, 5.41) is 8.68. The quantitative estimate of drug-likeness (QED) is 0.866. The summed E-state index contributed by atoms with van der Waals surface area (Å²) in [6.45, 7) is 0. The molecule has 0 atom stereocenters. The van der Waals surface area contributed by atoms with E-state index in [0.29, 0.717) is 11.0 Å². The highest BCUT2D eigenvalue weighted by atomic mass is 32.2. The van der Waals surface area contributed by atoms with Gasteiger partial charge in [-0.2, -0.15) is 13.2 Å². The van der Waals surface area contributed by atoms with Gasteiger partial charge in [-0.25, -0.2) is 14.2 Å². The lowest BCUT2D eigenvalue weighted by molar-refractivity contribution is -0.141. The summed E-state index contributed by atoms with van der Waals surface area (Å²) in [5.74, 6) is -1.89. The number of aromatic carboxylic acids is 1. The number of alkyl halides is 3. The summed E-state index contributed by atoms with van der Waals surface area (Å²) in [7, 11) is 0. The maximum Gasteiger partial charge on any atom is 0.433 e. The lowest BCUT2D eigenvalue weighted by atomic mass is 10.2. The topological polar surface area (TPSA) is 50.2 Å². The van der Waals surface area contributed by atoms with Gasteiger partial charge >= 0.3 is 12.1 Å². The van der Waals surface area contributed by atoms with Gasteiger partial charge in [-0.05, 0) is 36.4 Å². The van der Waals surface area contributed by atoms with E-state index in [2.05, 4.69) is 4.98 Å². The van der Waals surface area contributed by atoms with Crippen molar-refractivity contribution in [2.45, 2.75) is 16.1 Å². The van der Waals surface area contributed by atoms with E-state index in [1.54, 1.807) is 0 Å². The summed E-state index contributed by atoms with van der Waals surface area (Å²) >= 11 is 0.723. The first kappa shape index (κ1) is 15.3. The fraction of sp³-hybridized carbons (Fsp3) is 0.0769. The number of carbonyl (C=O) groups is 1. The van der Waals surface area contributed by atoms with Crippen LogP contribution in [0.25, 0.3) is 0 Å². The Bertz CT molecular complexity index is 671. The molecule has 1 heterocycles. The predicted octanol–water partition coefficient (Wildman–Crippen LogP) is 4.09. The van der Waals surface area contributed by atoms with Crippen LogP contribution >= 0.6 is 11.8 Å². The lowest BCUT2D eigenvalue weighted by Gasteiger charge is -2.10. The second kappa shape index (κ2) is 5.72. The van der Waals surface area contributed by atoms with Gasteiger partial charge in [0.25, 0.3) is 0 Å². The first-order valence-electron chi connectivity index (χ1n) is 5.52. The molecule has 1 aromatic carbocycles. The van der Waals surface area contributed by atoms with Crippen LogP contribution in [0.15, 0.2) is 46.3 Å². The number of halogens is 4. The van der Waals surface area contributed by atoms with Crippen molar-refractivity contribution in [1.29, 1.82) is 0 Å². The minimum absolute atomic E-state index is 0.302. The number of nitrogens with zero attached hydrogens (tertiary/aromatic N) is 1. The summed E-state index contributed by atoms with van der Waals surface area (Å²) in [4.78, 5) is 14.8. The third-order valence-electron chi connectivity index (χ3n) is 2.41. The monoisotopic (exact) mass is 317 g/mol. The summed E-state index contributed by atoms with van der Waals surface area (Å²) in [6, 6.07) is 6.36. The van der Waals surface area contributed by atoms with E-state index in [4.69, 9.17) is 5.11 Å². The molecule has 0 fully saturated rings. The first-order chi connectivity index (χ1) is 9.77. The van der Waals surface area contributed by atoms with Crippen molar-refractivity contribution in [3.63, 3.8) is 0 Å². The molecule has 2 aromatic rings. The molecule has 110 valence electrons. The number of aromatic nitrogens is 1. The molecule has 0 aliphatic carbocycles. The van der Waals surface area contributed by atoms with E-state index < -0.39 is 23.7 Å². The number of benzene rings is 1. The van der Waals surface area contributed by atoms with Crippen LogP contribution in [0.1, 0.15) is 16.1 Å². The molecule has 0 aliphatic rings. The van der Waals surface area contributed by atoms with Crippen LogP contribution in [-0.2, 0) is 6.18 Å². The number of hydrogen-bond acceptors (Lipinski definition) is 3. The smallest absolute Gasteiger partial charge is 0.433 e. The zero-order chi connectivity index (χ0) is 15.6. The van der Waals surface area contributed by atoms with Crippen molar-refractivity contribution >= 4 is 17.7 Å². The second-order valence-electron chi connectivity index (χ2n) is 3.91. The van der Waals surface area contributed by atoms with Crippen LogP contribution in [0, 0.1) is 5.82 Å². The van der Waals surface area contributed by atoms with Gasteiger partial charge in [-0.15, -0.1) is 0 Å². The number of carboxylic acids is 1. The average molecular weight is 317 g/mol. The molecule has 0 spiro atoms. The van der Waals surface area contributed by atoms with E-state index in [1.807, 2.05) is 0 Å². The average Bonchev–Trinajstić information content (AvgIpc) is 2.40. The van der Waals surface area contributed by atoms with E-state index in [9.17, 15) is 22.4 Å². The molecule has 1 N–H and O–H groups in total. The van der Waals surface area contributed by atoms with E-state index in [-0.39, 0.29) is 10.6 Å². The molecule has 8 heteroatoms. The van der Waals surface area contributed by atoms with Crippen LogP contribution in [0.4, 0.5) is 17.6 Å². The van der Waals surface area contributed by atoms with E-state index in [1.165, 1.54) is 12.1 Å². The summed E-state index contributed by atoms with van der Waals surface area (Å²) in [5.41, 5.74) is -1.53. The number of rotatable bonds is 3. The Kier molecular flexibility index (Phi) is 4.17. The van der Waals surface area contributed by atoms with Gasteiger partial charge in [-0.3, -0.25) is 0 Å². The Morgan fingerprint density at radius 1 is 1.10 bits per heavy atom. The molecule has 0 aliphatic heterocycles. The van der Waals surface area contributed by atoms with Crippen LogP contribution in [-0.4, -0.2) is 16.1 Å². The van der Waals surface area contributed by atoms with Gasteiger partial charge in [0.1, 0.15) is 16.5 Å². The largest absolute Gasteiger partial charge is 0.478 e. The maximum absolute atomic E-state index is 12.8. The maximum atomic E-state index is 12.8. The number of hydrogen-bond donors (Lipinski definition) is 1. The van der Waals surface area contributed by atoms with Crippen molar-refractivity contribution in [2.24, 2.45) is 0 Å². The molecule has 0 saturated heterocycles. The summed E-state index contributed by atoms with van der Waals surface area (Å²) < 4.78 is 50.7. The molecule has 3 nitrogen and oxygen atoms in total. The standard InChI is InChI=1S/C13H7F4NO2S/c14-7-1-3-8(4-2-7)21-11-9(12(19)20)5-6-10(18-11)13(15,16)17/h1-6H,(H,19,20). The number of carboxylic acid groups (broad SMARTS) is 1. The van der Waals surface area contributed by atoms with Gasteiger partial charge in [0.05, 0.1) is 5.56 Å². The molecular weight excluding hydrogens is 310 g/mol. The molecule has 0 saturated carbocycles. The van der Waals surface area contributed by atoms with Gasteiger partial charge in [-0.1, -0.05) is 11.8 Å². The van der Waals surface area contributed by atoms with Crippen LogP contribution in [0.3, 0.4) is 0 Å². The van der Waals surface area contributed by atoms with Crippen LogP contribution in [0.5, 0.6) is 0 Å². The second-order valence-corrected chi connectivity index (χ2v) is 4.97. The molecule has 0 bridgehead atoms. The minimum Gasteiger partial charge on any atom is -0.478 e. The Morgan fingerprint density at radius 3 is 2.24 bits per heavy atom. The normalized spacial score (nSPS) is 11.4. The Labute approximate surface area is 120 Å². The van der Waals surface area contributed by atoms with Gasteiger partial charge in [0, 0.05) is 4.90 Å². The van der Waals surface area contributed by atoms with Gasteiger partial charge in [0.2, 0.25) is 0 Å². The molecule has 0 unspecified atom stereocenters. The van der Waals surface area contributed by atoms with Crippen LogP contribution in [0.2, 0.25) is 0 Å². The SMILES string of the molecule is O=C(O)c1ccc(C(F)(F)F)nc1Sc1ccc(F)cc1. The predicted molar refractivity (Wildman–Crippen MR) is 66.7 cm³/mol. The molecule has 1 aromatic heterocycles. The highest BCUT2D eigenvalue weighted by molar-refractivity contribution is 7.99. The van der Waals surface area contributed by atoms with E-state index in [0.717, 1.165) is 30.0 Å². The van der Waals surface area contributed by atoms with Crippen molar-refractivity contribution in [3.8, 4) is 0 Å². The third-order valence-corrected chi connectivity index (χ3v) is 3.42. The van der Waals surface area contributed by atoms with Crippen LogP contribution < -0.4 is 0 Å². The van der Waals surface area contributed by atoms with Crippen molar-refractivity contribution in [2.75, 3.05) is 0 Å². The summed E-state index contributed by atoms with van der Waals surface area (Å²) in [6.07, 6.45) is -4.67. The molecular formula is C13H7F4NO2S. The zero-order valence-electron chi connectivity index (χ0n) is 10.2. The van der Waals surface area contributed by atoms with Gasteiger partial charge in [0.15, 0.2) is 0 Å². The zero-order valence-corrected chi connectivity index (χ0v) is 11.0. The minimum atomic E-state index is -4.67. The van der Waals surface area contributed by atoms with Crippen molar-refractivity contribution in [1.82, 2.24) is 4.98 Å². The van der Waals surface area contributed by atoms with Crippen molar-refractivity contribution < 1.29 is 27.5 Å². The fourth-order valence-corrected chi connectivity index (χ4v) is 2.36. The van der Waals surface area contributed by atoms with Crippen molar-refractivity contribution in [3.05, 3.63) is 53.5 Å².